The Morgan fingerprint density at radius 2 is 2.38 bits per heavy atom. The second-order valence-corrected chi connectivity index (χ2v) is 2.74. The molecule has 5 nitrogen and oxygen atoms in total. The minimum atomic E-state index is -0.262. The van der Waals surface area contributed by atoms with Crippen molar-refractivity contribution >= 4 is 11.7 Å². The van der Waals surface area contributed by atoms with Gasteiger partial charge in [0.1, 0.15) is 5.78 Å². The van der Waals surface area contributed by atoms with E-state index in [0.717, 1.165) is 5.69 Å². The number of carbonyl (C=O) groups is 2. The molecule has 0 aromatic carbocycles. The van der Waals surface area contributed by atoms with Gasteiger partial charge in [-0.3, -0.25) is 14.7 Å². The molecule has 13 heavy (non-hydrogen) atoms. The van der Waals surface area contributed by atoms with Crippen molar-refractivity contribution in [2.45, 2.75) is 19.9 Å². The summed E-state index contributed by atoms with van der Waals surface area (Å²) in [4.78, 5) is 21.5. The molecule has 0 spiro atoms. The van der Waals surface area contributed by atoms with Crippen LogP contribution in [0.3, 0.4) is 0 Å². The number of nitrogens with zero attached hydrogens (tertiary/aromatic N) is 1. The van der Waals surface area contributed by atoms with Gasteiger partial charge in [0.25, 0.3) is 0 Å². The second kappa shape index (κ2) is 4.39. The first-order valence-corrected chi connectivity index (χ1v) is 3.93. The van der Waals surface area contributed by atoms with Gasteiger partial charge in [-0.2, -0.15) is 5.10 Å². The van der Waals surface area contributed by atoms with Gasteiger partial charge in [-0.05, 0) is 13.0 Å². The number of hydrogen-bond donors (Lipinski definition) is 2. The molecule has 1 aromatic rings. The molecule has 0 radical (unpaired) electrons. The highest BCUT2D eigenvalue weighted by Gasteiger charge is 2.04. The summed E-state index contributed by atoms with van der Waals surface area (Å²) in [7, 11) is 0. The van der Waals surface area contributed by atoms with Gasteiger partial charge in [0.05, 0.1) is 18.7 Å². The van der Waals surface area contributed by atoms with Crippen LogP contribution in [0.4, 0.5) is 0 Å². The SMILES string of the molecule is CC(=O)CC(=O)NCc1ccn[nH]1. The molecule has 0 fully saturated rings. The van der Waals surface area contributed by atoms with Gasteiger partial charge in [0.2, 0.25) is 5.91 Å². The fourth-order valence-electron chi connectivity index (χ4n) is 0.866. The number of rotatable bonds is 4. The van der Waals surface area contributed by atoms with Crippen LogP contribution >= 0.6 is 0 Å². The highest BCUT2D eigenvalue weighted by molar-refractivity contribution is 5.96. The zero-order valence-corrected chi connectivity index (χ0v) is 7.33. The average Bonchev–Trinajstić information content (AvgIpc) is 2.51. The molecule has 70 valence electrons. The zero-order valence-electron chi connectivity index (χ0n) is 7.33. The Morgan fingerprint density at radius 1 is 1.62 bits per heavy atom. The van der Waals surface area contributed by atoms with Crippen LogP contribution in [0.15, 0.2) is 12.3 Å². The van der Waals surface area contributed by atoms with Gasteiger partial charge < -0.3 is 5.32 Å². The van der Waals surface area contributed by atoms with Crippen molar-refractivity contribution in [3.05, 3.63) is 18.0 Å². The van der Waals surface area contributed by atoms with Crippen LogP contribution < -0.4 is 5.32 Å². The molecule has 1 amide bonds. The number of carbonyl (C=O) groups excluding carboxylic acids is 2. The third kappa shape index (κ3) is 3.50. The third-order valence-corrected chi connectivity index (χ3v) is 1.44. The molecule has 5 heteroatoms. The summed E-state index contributed by atoms with van der Waals surface area (Å²) in [5, 5.41) is 9.00. The lowest BCUT2D eigenvalue weighted by Gasteiger charge is -2.00. The third-order valence-electron chi connectivity index (χ3n) is 1.44. The summed E-state index contributed by atoms with van der Waals surface area (Å²) >= 11 is 0. The maximum Gasteiger partial charge on any atom is 0.227 e. The van der Waals surface area contributed by atoms with Crippen molar-refractivity contribution < 1.29 is 9.59 Å². The highest BCUT2D eigenvalue weighted by atomic mass is 16.2. The van der Waals surface area contributed by atoms with Crippen LogP contribution in [0.2, 0.25) is 0 Å². The predicted molar refractivity (Wildman–Crippen MR) is 45.7 cm³/mol. The van der Waals surface area contributed by atoms with Crippen molar-refractivity contribution in [2.75, 3.05) is 0 Å². The van der Waals surface area contributed by atoms with Gasteiger partial charge in [-0.1, -0.05) is 0 Å². The number of aromatic amines is 1. The summed E-state index contributed by atoms with van der Waals surface area (Å²) in [5.41, 5.74) is 0.817. The summed E-state index contributed by atoms with van der Waals surface area (Å²) in [5.74, 6) is -0.399. The number of H-pyrrole nitrogens is 1. The van der Waals surface area contributed by atoms with E-state index in [1.807, 2.05) is 0 Å². The molecule has 0 aliphatic carbocycles. The maximum atomic E-state index is 11.0. The van der Waals surface area contributed by atoms with Gasteiger partial charge in [0.15, 0.2) is 0 Å². The Bertz CT molecular complexity index is 292. The first kappa shape index (κ1) is 9.44. The van der Waals surface area contributed by atoms with Crippen LogP contribution in [0.25, 0.3) is 0 Å². The number of amides is 1. The lowest BCUT2D eigenvalue weighted by atomic mass is 10.3. The Hall–Kier alpha value is -1.65. The molecule has 0 atom stereocenters. The fraction of sp³-hybridized carbons (Fsp3) is 0.375. The largest absolute Gasteiger partial charge is 0.350 e. The predicted octanol–water partition coefficient (Wildman–Crippen LogP) is 0.00500. The Morgan fingerprint density at radius 3 is 2.92 bits per heavy atom. The van der Waals surface area contributed by atoms with E-state index in [1.165, 1.54) is 6.92 Å². The van der Waals surface area contributed by atoms with Crippen molar-refractivity contribution in [2.24, 2.45) is 0 Å². The van der Waals surface area contributed by atoms with E-state index < -0.39 is 0 Å². The van der Waals surface area contributed by atoms with Crippen LogP contribution in [0, 0.1) is 0 Å². The van der Waals surface area contributed by atoms with Crippen molar-refractivity contribution in [3.63, 3.8) is 0 Å². The average molecular weight is 181 g/mol. The second-order valence-electron chi connectivity index (χ2n) is 2.74. The van der Waals surface area contributed by atoms with Gasteiger partial charge >= 0.3 is 0 Å². The Balaban J connectivity index is 2.27. The Kier molecular flexibility index (Phi) is 3.19. The smallest absolute Gasteiger partial charge is 0.227 e. The van der Waals surface area contributed by atoms with Gasteiger partial charge in [-0.15, -0.1) is 0 Å². The van der Waals surface area contributed by atoms with Crippen molar-refractivity contribution in [3.8, 4) is 0 Å². The number of ketones is 1. The van der Waals surface area contributed by atoms with Gasteiger partial charge in [-0.25, -0.2) is 0 Å². The van der Waals surface area contributed by atoms with Gasteiger partial charge in [0, 0.05) is 6.20 Å². The van der Waals surface area contributed by atoms with Crippen molar-refractivity contribution in [1.29, 1.82) is 0 Å². The van der Waals surface area contributed by atoms with Crippen LogP contribution in [0.1, 0.15) is 19.0 Å². The van der Waals surface area contributed by atoms with E-state index in [-0.39, 0.29) is 18.1 Å². The van der Waals surface area contributed by atoms with E-state index in [2.05, 4.69) is 15.5 Å². The summed E-state index contributed by atoms with van der Waals surface area (Å²) in [6.07, 6.45) is 1.54. The number of Topliss-reactive ketones (excluding diaryl/α,β-unsaturated/α-hetero) is 1. The monoisotopic (exact) mass is 181 g/mol. The molecule has 1 heterocycles. The van der Waals surface area contributed by atoms with Crippen LogP contribution in [-0.2, 0) is 16.1 Å². The van der Waals surface area contributed by atoms with E-state index in [1.54, 1.807) is 12.3 Å². The summed E-state index contributed by atoms with van der Waals surface area (Å²) < 4.78 is 0. The van der Waals surface area contributed by atoms with E-state index >= 15 is 0 Å². The topological polar surface area (TPSA) is 74.8 Å². The molecule has 0 aliphatic rings. The maximum absolute atomic E-state index is 11.0. The van der Waals surface area contributed by atoms with E-state index in [0.29, 0.717) is 6.54 Å². The Labute approximate surface area is 75.5 Å². The molecule has 1 rings (SSSR count). The summed E-state index contributed by atoms with van der Waals surface area (Å²) in [6.45, 7) is 1.77. The lowest BCUT2D eigenvalue weighted by molar-refractivity contribution is -0.127. The van der Waals surface area contributed by atoms with E-state index in [4.69, 9.17) is 0 Å². The number of aromatic nitrogens is 2. The molecular weight excluding hydrogens is 170 g/mol. The van der Waals surface area contributed by atoms with Crippen LogP contribution in [-0.4, -0.2) is 21.9 Å². The van der Waals surface area contributed by atoms with E-state index in [9.17, 15) is 9.59 Å². The number of nitrogens with one attached hydrogen (secondary N) is 2. The molecular formula is C8H11N3O2. The fourth-order valence-corrected chi connectivity index (χ4v) is 0.866. The standard InChI is InChI=1S/C8H11N3O2/c1-6(12)4-8(13)9-5-7-2-3-10-11-7/h2-3H,4-5H2,1H3,(H,9,13)(H,10,11). The normalized spacial score (nSPS) is 9.62. The molecule has 0 unspecified atom stereocenters. The first-order chi connectivity index (χ1) is 6.18. The molecule has 1 aromatic heterocycles. The summed E-state index contributed by atoms with van der Waals surface area (Å²) in [6, 6.07) is 1.76. The van der Waals surface area contributed by atoms with Crippen LogP contribution in [0.5, 0.6) is 0 Å². The molecule has 0 bridgehead atoms. The minimum Gasteiger partial charge on any atom is -0.350 e. The molecule has 0 aliphatic heterocycles. The highest BCUT2D eigenvalue weighted by Crippen LogP contribution is 1.90. The van der Waals surface area contributed by atoms with Crippen molar-refractivity contribution in [1.82, 2.24) is 15.5 Å². The lowest BCUT2D eigenvalue weighted by Crippen LogP contribution is -2.24. The quantitative estimate of drug-likeness (QED) is 0.642. The zero-order chi connectivity index (χ0) is 9.68. The molecule has 2 N–H and O–H groups in total. The molecule has 0 saturated heterocycles. The molecule has 0 saturated carbocycles. The first-order valence-electron chi connectivity index (χ1n) is 3.93. The number of hydrogen-bond acceptors (Lipinski definition) is 3. The minimum absolute atomic E-state index is 0.0614.